The molecule has 0 aromatic carbocycles. The molecule has 3 N–H and O–H groups in total. The van der Waals surface area contributed by atoms with Gasteiger partial charge in [-0.15, -0.1) is 0 Å². The SMILES string of the molecule is CCC(N)C(=O)N(CC(=O)O)C(C)CC. The van der Waals surface area contributed by atoms with Gasteiger partial charge >= 0.3 is 5.97 Å². The normalized spacial score (nSPS) is 14.4. The summed E-state index contributed by atoms with van der Waals surface area (Å²) in [6.45, 7) is 5.26. The lowest BCUT2D eigenvalue weighted by atomic mass is 10.1. The number of carboxylic acids is 1. The number of carboxylic acid groups (broad SMARTS) is 1. The maximum Gasteiger partial charge on any atom is 0.323 e. The molecule has 15 heavy (non-hydrogen) atoms. The van der Waals surface area contributed by atoms with Gasteiger partial charge in [0, 0.05) is 6.04 Å². The first kappa shape index (κ1) is 13.9. The molecular formula is C10H20N2O3. The van der Waals surface area contributed by atoms with E-state index in [-0.39, 0.29) is 18.5 Å². The Morgan fingerprint density at radius 3 is 2.20 bits per heavy atom. The Morgan fingerprint density at radius 2 is 1.87 bits per heavy atom. The van der Waals surface area contributed by atoms with E-state index in [0.717, 1.165) is 6.42 Å². The Bertz CT molecular complexity index is 231. The first-order valence-corrected chi connectivity index (χ1v) is 5.21. The number of carbonyl (C=O) groups is 2. The minimum atomic E-state index is -1.01. The Morgan fingerprint density at radius 1 is 1.33 bits per heavy atom. The molecule has 2 atom stereocenters. The predicted molar refractivity (Wildman–Crippen MR) is 57.4 cm³/mol. The minimum absolute atomic E-state index is 0.0915. The highest BCUT2D eigenvalue weighted by molar-refractivity contribution is 5.85. The molecule has 0 spiro atoms. The van der Waals surface area contributed by atoms with E-state index in [1.54, 1.807) is 6.92 Å². The second-order valence-electron chi connectivity index (χ2n) is 3.63. The Hall–Kier alpha value is -1.10. The summed E-state index contributed by atoms with van der Waals surface area (Å²) >= 11 is 0. The lowest BCUT2D eigenvalue weighted by molar-refractivity contribution is -0.146. The quantitative estimate of drug-likeness (QED) is 0.674. The maximum absolute atomic E-state index is 11.7. The van der Waals surface area contributed by atoms with Crippen molar-refractivity contribution < 1.29 is 14.7 Å². The summed E-state index contributed by atoms with van der Waals surface area (Å²) in [6, 6.07) is -0.690. The lowest BCUT2D eigenvalue weighted by Crippen LogP contribution is -2.49. The first-order valence-electron chi connectivity index (χ1n) is 5.21. The monoisotopic (exact) mass is 216 g/mol. The van der Waals surface area contributed by atoms with Gasteiger partial charge in [0.25, 0.3) is 0 Å². The van der Waals surface area contributed by atoms with Crippen molar-refractivity contribution in [1.82, 2.24) is 4.90 Å². The molecule has 0 aliphatic carbocycles. The number of rotatable bonds is 6. The van der Waals surface area contributed by atoms with Crippen molar-refractivity contribution in [3.8, 4) is 0 Å². The molecule has 0 aromatic rings. The zero-order chi connectivity index (χ0) is 12.0. The molecule has 0 saturated carbocycles. The highest BCUT2D eigenvalue weighted by Crippen LogP contribution is 2.06. The number of hydrogen-bond donors (Lipinski definition) is 2. The third-order valence-corrected chi connectivity index (χ3v) is 2.47. The van der Waals surface area contributed by atoms with Crippen molar-refractivity contribution >= 4 is 11.9 Å². The van der Waals surface area contributed by atoms with E-state index < -0.39 is 12.0 Å². The van der Waals surface area contributed by atoms with E-state index in [4.69, 9.17) is 10.8 Å². The van der Waals surface area contributed by atoms with Crippen LogP contribution < -0.4 is 5.73 Å². The Labute approximate surface area is 90.2 Å². The molecule has 0 fully saturated rings. The zero-order valence-electron chi connectivity index (χ0n) is 9.56. The van der Waals surface area contributed by atoms with E-state index >= 15 is 0 Å². The maximum atomic E-state index is 11.7. The van der Waals surface area contributed by atoms with Crippen LogP contribution in [0.25, 0.3) is 0 Å². The van der Waals surface area contributed by atoms with Crippen LogP contribution in [0.15, 0.2) is 0 Å². The molecular weight excluding hydrogens is 196 g/mol. The molecule has 5 nitrogen and oxygen atoms in total. The van der Waals surface area contributed by atoms with E-state index in [1.165, 1.54) is 4.90 Å². The van der Waals surface area contributed by atoms with Gasteiger partial charge in [-0.25, -0.2) is 0 Å². The van der Waals surface area contributed by atoms with E-state index in [9.17, 15) is 9.59 Å². The summed E-state index contributed by atoms with van der Waals surface area (Å²) < 4.78 is 0. The van der Waals surface area contributed by atoms with Gasteiger partial charge in [-0.3, -0.25) is 9.59 Å². The molecule has 2 unspecified atom stereocenters. The number of carbonyl (C=O) groups excluding carboxylic acids is 1. The largest absolute Gasteiger partial charge is 0.480 e. The fourth-order valence-corrected chi connectivity index (χ4v) is 1.20. The summed E-state index contributed by atoms with van der Waals surface area (Å²) in [4.78, 5) is 23.7. The van der Waals surface area contributed by atoms with Crippen molar-refractivity contribution in [3.63, 3.8) is 0 Å². The van der Waals surface area contributed by atoms with Crippen molar-refractivity contribution in [2.24, 2.45) is 5.73 Å². The van der Waals surface area contributed by atoms with Crippen LogP contribution in [0.3, 0.4) is 0 Å². The molecule has 1 amide bonds. The molecule has 5 heteroatoms. The second-order valence-corrected chi connectivity index (χ2v) is 3.63. The molecule has 0 aliphatic rings. The van der Waals surface area contributed by atoms with Crippen LogP contribution in [-0.4, -0.2) is 40.5 Å². The van der Waals surface area contributed by atoms with Crippen LogP contribution in [0.5, 0.6) is 0 Å². The van der Waals surface area contributed by atoms with Gasteiger partial charge in [-0.05, 0) is 19.8 Å². The fourth-order valence-electron chi connectivity index (χ4n) is 1.20. The third-order valence-electron chi connectivity index (χ3n) is 2.47. The van der Waals surface area contributed by atoms with Crippen LogP contribution >= 0.6 is 0 Å². The van der Waals surface area contributed by atoms with Crippen LogP contribution in [0.2, 0.25) is 0 Å². The highest BCUT2D eigenvalue weighted by atomic mass is 16.4. The standard InChI is InChI=1S/C10H20N2O3/c1-4-7(3)12(6-9(13)14)10(15)8(11)5-2/h7-8H,4-6,11H2,1-3H3,(H,13,14). The average Bonchev–Trinajstić information content (AvgIpc) is 2.22. The van der Waals surface area contributed by atoms with E-state index in [1.807, 2.05) is 13.8 Å². The molecule has 0 rings (SSSR count). The third kappa shape index (κ3) is 4.29. The van der Waals surface area contributed by atoms with Crippen LogP contribution in [-0.2, 0) is 9.59 Å². The summed E-state index contributed by atoms with van der Waals surface area (Å²) in [5.74, 6) is -1.29. The second kappa shape index (κ2) is 6.40. The molecule has 88 valence electrons. The first-order chi connectivity index (χ1) is 6.93. The van der Waals surface area contributed by atoms with E-state index in [2.05, 4.69) is 0 Å². The molecule has 0 radical (unpaired) electrons. The predicted octanol–water partition coefficient (Wildman–Crippen LogP) is 0.435. The molecule has 0 bridgehead atoms. The van der Waals surface area contributed by atoms with Crippen molar-refractivity contribution in [2.45, 2.75) is 45.7 Å². The average molecular weight is 216 g/mol. The van der Waals surface area contributed by atoms with Gasteiger partial charge < -0.3 is 15.7 Å². The van der Waals surface area contributed by atoms with Gasteiger partial charge in [-0.1, -0.05) is 13.8 Å². The lowest BCUT2D eigenvalue weighted by Gasteiger charge is -2.29. The van der Waals surface area contributed by atoms with Crippen molar-refractivity contribution in [2.75, 3.05) is 6.54 Å². The Kier molecular flexibility index (Phi) is 5.93. The zero-order valence-corrected chi connectivity index (χ0v) is 9.56. The van der Waals surface area contributed by atoms with Gasteiger partial charge in [0.05, 0.1) is 6.04 Å². The van der Waals surface area contributed by atoms with Gasteiger partial charge in [0.2, 0.25) is 5.91 Å². The summed E-state index contributed by atoms with van der Waals surface area (Å²) in [5, 5.41) is 8.70. The number of amides is 1. The smallest absolute Gasteiger partial charge is 0.323 e. The fraction of sp³-hybridized carbons (Fsp3) is 0.800. The highest BCUT2D eigenvalue weighted by Gasteiger charge is 2.25. The van der Waals surface area contributed by atoms with Crippen LogP contribution in [0.1, 0.15) is 33.6 Å². The number of aliphatic carboxylic acids is 1. The van der Waals surface area contributed by atoms with Crippen LogP contribution in [0.4, 0.5) is 0 Å². The molecule has 0 saturated heterocycles. The molecule has 0 aromatic heterocycles. The Balaban J connectivity index is 4.61. The number of hydrogen-bond acceptors (Lipinski definition) is 3. The number of nitrogens with two attached hydrogens (primary N) is 1. The van der Waals surface area contributed by atoms with Crippen molar-refractivity contribution in [3.05, 3.63) is 0 Å². The minimum Gasteiger partial charge on any atom is -0.480 e. The summed E-state index contributed by atoms with van der Waals surface area (Å²) in [7, 11) is 0. The van der Waals surface area contributed by atoms with Gasteiger partial charge in [0.15, 0.2) is 0 Å². The molecule has 0 aliphatic heterocycles. The number of nitrogens with zero attached hydrogens (tertiary/aromatic N) is 1. The van der Waals surface area contributed by atoms with Gasteiger partial charge in [-0.2, -0.15) is 0 Å². The van der Waals surface area contributed by atoms with Crippen molar-refractivity contribution in [1.29, 1.82) is 0 Å². The summed E-state index contributed by atoms with van der Waals surface area (Å²) in [5.41, 5.74) is 5.60. The summed E-state index contributed by atoms with van der Waals surface area (Å²) in [6.07, 6.45) is 1.24. The topological polar surface area (TPSA) is 83.6 Å². The van der Waals surface area contributed by atoms with Gasteiger partial charge in [0.1, 0.15) is 6.54 Å². The van der Waals surface area contributed by atoms with E-state index in [0.29, 0.717) is 6.42 Å². The molecule has 0 heterocycles. The van der Waals surface area contributed by atoms with Crippen LogP contribution in [0, 0.1) is 0 Å².